The number of nitrogens with zero attached hydrogens (tertiary/aromatic N) is 4. The van der Waals surface area contributed by atoms with Crippen molar-refractivity contribution in [1.29, 1.82) is 0 Å². The first-order chi connectivity index (χ1) is 30.2. The highest BCUT2D eigenvalue weighted by Crippen LogP contribution is 2.39. The maximum absolute atomic E-state index is 6.84. The molecule has 0 spiro atoms. The van der Waals surface area contributed by atoms with Crippen LogP contribution in [0, 0.1) is 0 Å². The summed E-state index contributed by atoms with van der Waals surface area (Å²) >= 11 is 0. The Balaban J connectivity index is 1.14. The third-order valence-electron chi connectivity index (χ3n) is 12.8. The predicted octanol–water partition coefficient (Wildman–Crippen LogP) is 15.1. The van der Waals surface area contributed by atoms with Gasteiger partial charge in [-0.1, -0.05) is 150 Å². The Labute approximate surface area is 380 Å². The van der Waals surface area contributed by atoms with Crippen LogP contribution >= 0.6 is 0 Å². The molecule has 0 radical (unpaired) electrons. The number of hydrogen-bond acceptors (Lipinski definition) is 2. The summed E-state index contributed by atoms with van der Waals surface area (Å²) in [5.74, 6) is 2.42. The molecule has 0 aliphatic heterocycles. The standard InChI is InChI=1S/C59H63N4O/c1-56(2,3)42-22-26-52-54(33-42)62(38-61(52)37-39-29-44(58(7,8)9)32-45(30-39)59(10,11)12)46-19-16-20-47(35-46)64-48-23-24-49-50-31-41(40-17-14-13-15-18-40)21-25-51(50)63(53(49)36-48)55-34-43(27-28-60-55)57(4,5)6/h13-36,38H,37H2,1-12H3/q+1. The average molecular weight is 844 g/mol. The molecule has 0 aliphatic rings. The van der Waals surface area contributed by atoms with Crippen molar-refractivity contribution in [2.24, 2.45) is 0 Å². The van der Waals surface area contributed by atoms with Crippen molar-refractivity contribution < 1.29 is 9.30 Å². The largest absolute Gasteiger partial charge is 0.457 e. The SMILES string of the molecule is CC(C)(C)c1cc(C[n+]2cn(-c3cccc(Oc4ccc5c6cc(-c7ccccc7)ccc6n(-c6cc(C(C)(C)C)ccn6)c5c4)c3)c3cc(C(C)(C)C)ccc32)cc(C(C)(C)C)c1. The lowest BCUT2D eigenvalue weighted by Gasteiger charge is -2.26. The Morgan fingerprint density at radius 2 is 1.16 bits per heavy atom. The maximum atomic E-state index is 6.84. The van der Waals surface area contributed by atoms with E-state index in [2.05, 4.69) is 243 Å². The second-order valence-electron chi connectivity index (χ2n) is 21.8. The normalized spacial score (nSPS) is 12.8. The minimum Gasteiger partial charge on any atom is -0.457 e. The van der Waals surface area contributed by atoms with E-state index in [1.807, 2.05) is 6.20 Å². The smallest absolute Gasteiger partial charge is 0.250 e. The van der Waals surface area contributed by atoms with Crippen LogP contribution in [0.2, 0.25) is 0 Å². The number of fused-ring (bicyclic) bond motifs is 4. The molecule has 324 valence electrons. The zero-order valence-electron chi connectivity index (χ0n) is 39.8. The molecule has 0 bridgehead atoms. The molecule has 0 saturated heterocycles. The zero-order chi connectivity index (χ0) is 45.3. The first-order valence-corrected chi connectivity index (χ1v) is 22.8. The molecular weight excluding hydrogens is 781 g/mol. The summed E-state index contributed by atoms with van der Waals surface area (Å²) in [7, 11) is 0. The Kier molecular flexibility index (Phi) is 10.5. The summed E-state index contributed by atoms with van der Waals surface area (Å²) in [5.41, 5.74) is 14.5. The topological polar surface area (TPSA) is 35.9 Å². The van der Waals surface area contributed by atoms with E-state index in [0.717, 1.165) is 46.0 Å². The van der Waals surface area contributed by atoms with Crippen molar-refractivity contribution in [2.45, 2.75) is 111 Å². The Morgan fingerprint density at radius 3 is 1.84 bits per heavy atom. The lowest BCUT2D eigenvalue weighted by atomic mass is 9.79. The Bertz CT molecular complexity index is 3160. The summed E-state index contributed by atoms with van der Waals surface area (Å²) in [6.07, 6.45) is 4.20. The molecule has 9 aromatic rings. The molecule has 0 fully saturated rings. The summed E-state index contributed by atoms with van der Waals surface area (Å²) in [4.78, 5) is 4.96. The second-order valence-corrected chi connectivity index (χ2v) is 21.8. The Morgan fingerprint density at radius 1 is 0.484 bits per heavy atom. The van der Waals surface area contributed by atoms with Crippen LogP contribution in [0.25, 0.3) is 55.5 Å². The van der Waals surface area contributed by atoms with Gasteiger partial charge in [-0.2, -0.15) is 4.57 Å². The minimum atomic E-state index is -0.0258. The molecule has 9 rings (SSSR count). The molecule has 0 N–H and O–H groups in total. The zero-order valence-corrected chi connectivity index (χ0v) is 39.8. The van der Waals surface area contributed by atoms with Gasteiger partial charge in [0.05, 0.1) is 11.0 Å². The van der Waals surface area contributed by atoms with Crippen LogP contribution in [-0.4, -0.2) is 14.1 Å². The van der Waals surface area contributed by atoms with Gasteiger partial charge in [0, 0.05) is 29.1 Å². The van der Waals surface area contributed by atoms with Gasteiger partial charge in [0.15, 0.2) is 11.0 Å². The molecule has 0 amide bonds. The van der Waals surface area contributed by atoms with Crippen LogP contribution in [0.15, 0.2) is 152 Å². The van der Waals surface area contributed by atoms with Gasteiger partial charge in [0.2, 0.25) is 6.33 Å². The van der Waals surface area contributed by atoms with Gasteiger partial charge in [-0.3, -0.25) is 4.57 Å². The lowest BCUT2D eigenvalue weighted by Crippen LogP contribution is -2.33. The van der Waals surface area contributed by atoms with E-state index in [9.17, 15) is 0 Å². The van der Waals surface area contributed by atoms with Gasteiger partial charge in [0.25, 0.3) is 0 Å². The molecule has 5 heteroatoms. The summed E-state index contributed by atoms with van der Waals surface area (Å²) in [6, 6.07) is 50.8. The van der Waals surface area contributed by atoms with Crippen LogP contribution in [-0.2, 0) is 28.2 Å². The average Bonchev–Trinajstić information content (AvgIpc) is 3.77. The second kappa shape index (κ2) is 15.7. The van der Waals surface area contributed by atoms with Gasteiger partial charge < -0.3 is 4.74 Å². The van der Waals surface area contributed by atoms with Crippen LogP contribution < -0.4 is 9.30 Å². The summed E-state index contributed by atoms with van der Waals surface area (Å²) in [5, 5.41) is 2.33. The molecule has 3 aromatic heterocycles. The van der Waals surface area contributed by atoms with E-state index in [4.69, 9.17) is 9.72 Å². The number of ether oxygens (including phenoxy) is 1. The third kappa shape index (κ3) is 8.36. The van der Waals surface area contributed by atoms with Crippen LogP contribution in [0.5, 0.6) is 11.5 Å². The van der Waals surface area contributed by atoms with E-state index in [1.165, 1.54) is 55.4 Å². The number of pyridine rings is 1. The molecule has 0 aliphatic carbocycles. The van der Waals surface area contributed by atoms with Crippen molar-refractivity contribution >= 4 is 32.8 Å². The predicted molar refractivity (Wildman–Crippen MR) is 268 cm³/mol. The first kappa shape index (κ1) is 42.8. The van der Waals surface area contributed by atoms with E-state index in [1.54, 1.807) is 0 Å². The molecule has 0 saturated carbocycles. The summed E-state index contributed by atoms with van der Waals surface area (Å²) in [6.45, 7) is 28.2. The van der Waals surface area contributed by atoms with Crippen molar-refractivity contribution in [3.05, 3.63) is 180 Å². The maximum Gasteiger partial charge on any atom is 0.250 e. The monoisotopic (exact) mass is 843 g/mol. The molecule has 0 atom stereocenters. The van der Waals surface area contributed by atoms with Crippen LogP contribution in [0.4, 0.5) is 0 Å². The molecule has 64 heavy (non-hydrogen) atoms. The van der Waals surface area contributed by atoms with Crippen molar-refractivity contribution in [3.63, 3.8) is 0 Å². The van der Waals surface area contributed by atoms with Crippen LogP contribution in [0.1, 0.15) is 111 Å². The highest BCUT2D eigenvalue weighted by molar-refractivity contribution is 6.10. The Hall–Kier alpha value is -6.46. The number of rotatable bonds is 7. The third-order valence-corrected chi connectivity index (χ3v) is 12.8. The number of imidazole rings is 1. The van der Waals surface area contributed by atoms with E-state index < -0.39 is 0 Å². The molecule has 6 aromatic carbocycles. The highest BCUT2D eigenvalue weighted by atomic mass is 16.5. The van der Waals surface area contributed by atoms with Crippen molar-refractivity contribution in [3.8, 4) is 34.1 Å². The van der Waals surface area contributed by atoms with Gasteiger partial charge >= 0.3 is 0 Å². The minimum absolute atomic E-state index is 0.00443. The number of hydrogen-bond donors (Lipinski definition) is 0. The molecule has 5 nitrogen and oxygen atoms in total. The van der Waals surface area contributed by atoms with Gasteiger partial charge in [-0.15, -0.1) is 0 Å². The summed E-state index contributed by atoms with van der Waals surface area (Å²) < 4.78 is 13.9. The molecular formula is C59H63N4O+. The number of benzene rings is 6. The van der Waals surface area contributed by atoms with Gasteiger partial charge in [-0.25, -0.2) is 9.55 Å². The van der Waals surface area contributed by atoms with Crippen LogP contribution in [0.3, 0.4) is 0 Å². The quantitative estimate of drug-likeness (QED) is 0.150. The van der Waals surface area contributed by atoms with E-state index >= 15 is 0 Å². The molecule has 3 heterocycles. The highest BCUT2D eigenvalue weighted by Gasteiger charge is 2.26. The lowest BCUT2D eigenvalue weighted by molar-refractivity contribution is -0.662. The fourth-order valence-electron chi connectivity index (χ4n) is 8.83. The van der Waals surface area contributed by atoms with Crippen molar-refractivity contribution in [1.82, 2.24) is 14.1 Å². The van der Waals surface area contributed by atoms with Gasteiger partial charge in [0.1, 0.15) is 29.5 Å². The first-order valence-electron chi connectivity index (χ1n) is 22.8. The fraction of sp³-hybridized carbons (Fsp3) is 0.288. The molecule has 0 unspecified atom stereocenters. The van der Waals surface area contributed by atoms with Crippen molar-refractivity contribution in [2.75, 3.05) is 0 Å². The fourth-order valence-corrected chi connectivity index (χ4v) is 8.83. The van der Waals surface area contributed by atoms with E-state index in [0.29, 0.717) is 0 Å². The number of aromatic nitrogens is 4. The van der Waals surface area contributed by atoms with E-state index in [-0.39, 0.29) is 21.7 Å². The van der Waals surface area contributed by atoms with Gasteiger partial charge in [-0.05, 0) is 121 Å².